The third kappa shape index (κ3) is 3.36. The van der Waals surface area contributed by atoms with Crippen molar-refractivity contribution in [1.29, 1.82) is 0 Å². The van der Waals surface area contributed by atoms with Gasteiger partial charge >= 0.3 is 1.43 Å². The van der Waals surface area contributed by atoms with Crippen molar-refractivity contribution in [3.05, 3.63) is 24.8 Å². The van der Waals surface area contributed by atoms with E-state index in [9.17, 15) is 0 Å². The van der Waals surface area contributed by atoms with Gasteiger partial charge in [0.15, 0.2) is 0 Å². The molecule has 1 aromatic heterocycles. The second-order valence-electron chi connectivity index (χ2n) is 0.904. The molecule has 0 radical (unpaired) electrons. The van der Waals surface area contributed by atoms with E-state index in [0.29, 0.717) is 0 Å². The molecular weight excluding hydrogens is 120 g/mol. The lowest BCUT2D eigenvalue weighted by atomic mass is 10.7. The first-order valence-electron chi connectivity index (χ1n) is 1.99. The summed E-state index contributed by atoms with van der Waals surface area (Å²) in [5, 5.41) is 0. The minimum Gasteiger partial charge on any atom is -0.245 e. The molecule has 3 heteroatoms. The molecule has 0 saturated heterocycles. The predicted molar refractivity (Wildman–Crippen MR) is 37.9 cm³/mol. The van der Waals surface area contributed by atoms with Crippen molar-refractivity contribution < 1.29 is 1.43 Å². The Morgan fingerprint density at radius 3 is 1.88 bits per heavy atom. The van der Waals surface area contributed by atoms with Gasteiger partial charge in [-0.15, -0.1) is 0 Å². The molecule has 0 aliphatic heterocycles. The molecule has 0 unspecified atom stereocenters. The van der Waals surface area contributed by atoms with E-state index >= 15 is 0 Å². The van der Waals surface area contributed by atoms with Crippen LogP contribution in [0.2, 0.25) is 0 Å². The fraction of sp³-hybridized carbons (Fsp3) is 0. The molecule has 0 amide bonds. The Morgan fingerprint density at radius 1 is 1.25 bits per heavy atom. The largest absolute Gasteiger partial charge is 1.00 e. The van der Waals surface area contributed by atoms with E-state index in [4.69, 9.17) is 0 Å². The first-order chi connectivity index (χ1) is 4.00. The topological polar surface area (TPSA) is 25.8 Å². The molecular formula is C5H7N2S+. The van der Waals surface area contributed by atoms with Crippen LogP contribution in [-0.2, 0) is 0 Å². The molecule has 0 N–H and O–H groups in total. The van der Waals surface area contributed by atoms with Gasteiger partial charge in [0.05, 0.1) is 0 Å². The maximum atomic E-state index is 3.83. The molecule has 1 aromatic rings. The SMILES string of the molecule is C=S.[H+].c1cncnc1. The summed E-state index contributed by atoms with van der Waals surface area (Å²) >= 11 is 3.83. The van der Waals surface area contributed by atoms with Gasteiger partial charge in [-0.2, -0.15) is 0 Å². The van der Waals surface area contributed by atoms with Crippen molar-refractivity contribution in [1.82, 2.24) is 9.97 Å². The summed E-state index contributed by atoms with van der Waals surface area (Å²) in [6.45, 7) is 0. The number of aromatic nitrogens is 2. The highest BCUT2D eigenvalue weighted by atomic mass is 32.1. The van der Waals surface area contributed by atoms with Crippen LogP contribution in [0.5, 0.6) is 0 Å². The van der Waals surface area contributed by atoms with E-state index in [1.54, 1.807) is 18.5 Å². The summed E-state index contributed by atoms with van der Waals surface area (Å²) in [4.78, 5) is 7.35. The van der Waals surface area contributed by atoms with Crippen LogP contribution in [0.15, 0.2) is 24.8 Å². The van der Waals surface area contributed by atoms with E-state index in [1.807, 2.05) is 0 Å². The first-order valence-corrected chi connectivity index (χ1v) is 2.57. The third-order valence-electron chi connectivity index (χ3n) is 0.478. The molecule has 0 aliphatic rings. The Labute approximate surface area is 55.1 Å². The van der Waals surface area contributed by atoms with Gasteiger partial charge in [-0.3, -0.25) is 0 Å². The van der Waals surface area contributed by atoms with E-state index in [-0.39, 0.29) is 1.43 Å². The van der Waals surface area contributed by atoms with Crippen LogP contribution < -0.4 is 0 Å². The Hall–Kier alpha value is -0.830. The van der Waals surface area contributed by atoms with Gasteiger partial charge in [0, 0.05) is 12.4 Å². The van der Waals surface area contributed by atoms with Crippen molar-refractivity contribution >= 4 is 18.1 Å². The third-order valence-corrected chi connectivity index (χ3v) is 0.478. The molecule has 8 heavy (non-hydrogen) atoms. The number of hydrogen-bond acceptors (Lipinski definition) is 3. The molecule has 2 nitrogen and oxygen atoms in total. The Kier molecular flexibility index (Phi) is 5.53. The lowest BCUT2D eigenvalue weighted by molar-refractivity contribution is 1.17. The molecule has 0 spiro atoms. The van der Waals surface area contributed by atoms with Crippen LogP contribution in [0.25, 0.3) is 0 Å². The number of nitrogens with zero attached hydrogens (tertiary/aromatic N) is 2. The van der Waals surface area contributed by atoms with E-state index < -0.39 is 0 Å². The summed E-state index contributed by atoms with van der Waals surface area (Å²) in [5.74, 6) is 2.83. The van der Waals surface area contributed by atoms with Crippen LogP contribution in [0.1, 0.15) is 1.43 Å². The normalized spacial score (nSPS) is 6.50. The average molecular weight is 127 g/mol. The van der Waals surface area contributed by atoms with Crippen molar-refractivity contribution in [3.63, 3.8) is 0 Å². The number of hydrogen-bond donors (Lipinski definition) is 0. The highest BCUT2D eigenvalue weighted by Crippen LogP contribution is 1.66. The highest BCUT2D eigenvalue weighted by molar-refractivity contribution is 7.77. The quantitative estimate of drug-likeness (QED) is 0.490. The zero-order chi connectivity index (χ0) is 6.24. The van der Waals surface area contributed by atoms with Gasteiger partial charge in [-0.05, 0) is 11.9 Å². The Bertz CT molecular complexity index is 97.8. The minimum atomic E-state index is 0. The van der Waals surface area contributed by atoms with Gasteiger partial charge in [0.2, 0.25) is 0 Å². The van der Waals surface area contributed by atoms with E-state index in [1.165, 1.54) is 6.33 Å². The predicted octanol–water partition coefficient (Wildman–Crippen LogP) is 1.20. The van der Waals surface area contributed by atoms with Crippen LogP contribution in [-0.4, -0.2) is 15.8 Å². The lowest BCUT2D eigenvalue weighted by Crippen LogP contribution is -1.66. The fourth-order valence-electron chi connectivity index (χ4n) is 0.253. The standard InChI is InChI=1S/C4H4N2.CH2S/c1-2-5-4-6-3-1;1-2/h1-4H;1H2/p+1. The molecule has 42 valence electrons. The summed E-state index contributed by atoms with van der Waals surface area (Å²) in [5.41, 5.74) is 0. The second kappa shape index (κ2) is 6.17. The second-order valence-corrected chi connectivity index (χ2v) is 0.904. The van der Waals surface area contributed by atoms with Crippen LogP contribution in [0, 0.1) is 0 Å². The molecule has 0 aliphatic carbocycles. The maximum Gasteiger partial charge on any atom is 1.00 e. The average Bonchev–Trinajstić information content (AvgIpc) is 1.96. The van der Waals surface area contributed by atoms with Gasteiger partial charge in [0.1, 0.15) is 6.33 Å². The summed E-state index contributed by atoms with van der Waals surface area (Å²) in [6, 6.07) is 1.78. The molecule has 1 heterocycles. The van der Waals surface area contributed by atoms with Crippen molar-refractivity contribution in [2.75, 3.05) is 0 Å². The summed E-state index contributed by atoms with van der Waals surface area (Å²) < 4.78 is 0. The first kappa shape index (κ1) is 7.17. The fourth-order valence-corrected chi connectivity index (χ4v) is 0.253. The summed E-state index contributed by atoms with van der Waals surface area (Å²) in [6.07, 6.45) is 4.88. The van der Waals surface area contributed by atoms with Gasteiger partial charge in [0.25, 0.3) is 0 Å². The molecule has 0 fully saturated rings. The van der Waals surface area contributed by atoms with Gasteiger partial charge < -0.3 is 0 Å². The molecule has 1 rings (SSSR count). The van der Waals surface area contributed by atoms with Gasteiger partial charge in [-0.25, -0.2) is 9.97 Å². The number of thiocarbonyl (C=S) groups is 1. The molecule has 0 bridgehead atoms. The van der Waals surface area contributed by atoms with E-state index in [2.05, 4.69) is 28.1 Å². The van der Waals surface area contributed by atoms with Crippen molar-refractivity contribution in [2.24, 2.45) is 0 Å². The smallest absolute Gasteiger partial charge is 0.245 e. The molecule has 0 aromatic carbocycles. The number of rotatable bonds is 0. The Morgan fingerprint density at radius 2 is 1.75 bits per heavy atom. The van der Waals surface area contributed by atoms with Crippen molar-refractivity contribution in [2.45, 2.75) is 0 Å². The van der Waals surface area contributed by atoms with Crippen LogP contribution in [0.3, 0.4) is 0 Å². The van der Waals surface area contributed by atoms with Gasteiger partial charge in [-0.1, -0.05) is 12.2 Å². The monoisotopic (exact) mass is 127 g/mol. The maximum absolute atomic E-state index is 3.83. The van der Waals surface area contributed by atoms with Crippen LogP contribution in [0.4, 0.5) is 0 Å². The zero-order valence-electron chi connectivity index (χ0n) is 5.32. The lowest BCUT2D eigenvalue weighted by Gasteiger charge is -1.70. The zero-order valence-corrected chi connectivity index (χ0v) is 5.14. The van der Waals surface area contributed by atoms with E-state index in [0.717, 1.165) is 0 Å². The highest BCUT2D eigenvalue weighted by Gasteiger charge is 1.59. The van der Waals surface area contributed by atoms with Crippen molar-refractivity contribution in [3.8, 4) is 0 Å². The molecule has 0 atom stereocenters. The molecule has 0 saturated carbocycles. The summed E-state index contributed by atoms with van der Waals surface area (Å²) in [7, 11) is 0. The Balaban J connectivity index is 0. The van der Waals surface area contributed by atoms with Crippen LogP contribution >= 0.6 is 12.2 Å². The minimum absolute atomic E-state index is 0.